The summed E-state index contributed by atoms with van der Waals surface area (Å²) in [5, 5.41) is 46.4. The number of aromatic nitrogens is 1. The minimum absolute atomic E-state index is 0.0510. The largest absolute Gasteiger partial charge is 0.392 e. The van der Waals surface area contributed by atoms with Gasteiger partial charge in [0.2, 0.25) is 0 Å². The van der Waals surface area contributed by atoms with E-state index in [2.05, 4.69) is 11.1 Å². The summed E-state index contributed by atoms with van der Waals surface area (Å²) in [4.78, 5) is 4.50. The molecular weight excluding hydrogens is 450 g/mol. The van der Waals surface area contributed by atoms with E-state index in [0.717, 1.165) is 28.3 Å². The van der Waals surface area contributed by atoms with Crippen molar-refractivity contribution < 1.29 is 25.2 Å². The van der Waals surface area contributed by atoms with Crippen LogP contribution in [0.3, 0.4) is 0 Å². The third-order valence-electron chi connectivity index (χ3n) is 7.02. The second-order valence-electron chi connectivity index (χ2n) is 10.4. The number of ether oxygens (including phenoxy) is 1. The predicted molar refractivity (Wildman–Crippen MR) is 138 cm³/mol. The molecule has 6 nitrogen and oxygen atoms in total. The number of hydrogen-bond acceptors (Lipinski definition) is 7. The van der Waals surface area contributed by atoms with Gasteiger partial charge in [0.15, 0.2) is 6.29 Å². The molecule has 2 heterocycles. The van der Waals surface area contributed by atoms with Crippen LogP contribution in [0.2, 0.25) is 0 Å². The average Bonchev–Trinajstić information content (AvgIpc) is 3.18. The van der Waals surface area contributed by atoms with Gasteiger partial charge in [-0.3, -0.25) is 0 Å². The highest BCUT2D eigenvalue weighted by Crippen LogP contribution is 2.35. The summed E-state index contributed by atoms with van der Waals surface area (Å²) in [6, 6.07) is 0. The molecule has 1 aromatic heterocycles. The highest BCUT2D eigenvalue weighted by atomic mass is 32.1. The van der Waals surface area contributed by atoms with Gasteiger partial charge < -0.3 is 25.2 Å². The van der Waals surface area contributed by atoms with Gasteiger partial charge in [-0.25, -0.2) is 4.98 Å². The summed E-state index contributed by atoms with van der Waals surface area (Å²) in [6.45, 7) is 13.2. The van der Waals surface area contributed by atoms with E-state index >= 15 is 0 Å². The van der Waals surface area contributed by atoms with Gasteiger partial charge in [0.1, 0.15) is 0 Å². The summed E-state index contributed by atoms with van der Waals surface area (Å²) in [7, 11) is 0. The Hall–Kier alpha value is -1.35. The third kappa shape index (κ3) is 7.83. The predicted octanol–water partition coefficient (Wildman–Crippen LogP) is 4.63. The lowest BCUT2D eigenvalue weighted by Crippen LogP contribution is -2.49. The van der Waals surface area contributed by atoms with E-state index in [0.29, 0.717) is 6.42 Å². The lowest BCUT2D eigenvalue weighted by atomic mass is 9.72. The zero-order chi connectivity index (χ0) is 25.6. The molecule has 0 saturated carbocycles. The SMILES string of the molecule is CC1=CCC(C(C)=Cc2csc(C)n2)O[C@H](O)C[C@H](O)C(C)(C)[C@H](O)[C@H](C)[C@@H](O)[C@@H](C)C=CC1. The topological polar surface area (TPSA) is 103 Å². The van der Waals surface area contributed by atoms with Crippen molar-refractivity contribution in [3.8, 4) is 0 Å². The number of thiazole rings is 1. The van der Waals surface area contributed by atoms with Crippen LogP contribution >= 0.6 is 11.3 Å². The maximum atomic E-state index is 11.0. The molecule has 1 aliphatic heterocycles. The monoisotopic (exact) mass is 493 g/mol. The molecular formula is C27H43NO5S. The van der Waals surface area contributed by atoms with Crippen LogP contribution in [0.4, 0.5) is 0 Å². The van der Waals surface area contributed by atoms with Crippen LogP contribution in [-0.4, -0.2) is 56.1 Å². The first-order chi connectivity index (χ1) is 15.8. The second-order valence-corrected chi connectivity index (χ2v) is 11.5. The van der Waals surface area contributed by atoms with Crippen molar-refractivity contribution in [1.82, 2.24) is 4.98 Å². The van der Waals surface area contributed by atoms with Crippen molar-refractivity contribution in [3.63, 3.8) is 0 Å². The summed E-state index contributed by atoms with van der Waals surface area (Å²) in [5.41, 5.74) is 1.99. The molecule has 1 aliphatic rings. The fourth-order valence-electron chi connectivity index (χ4n) is 4.38. The number of rotatable bonds is 2. The summed E-state index contributed by atoms with van der Waals surface area (Å²) in [6.07, 6.45) is 4.98. The molecule has 0 aromatic carbocycles. The second kappa shape index (κ2) is 12.6. The Labute approximate surface area is 208 Å². The van der Waals surface area contributed by atoms with Crippen molar-refractivity contribution in [2.45, 2.75) is 98.4 Å². The number of hydrogen-bond donors (Lipinski definition) is 4. The molecule has 0 saturated heterocycles. The number of aryl methyl sites for hydroxylation is 1. The molecule has 0 fully saturated rings. The minimum Gasteiger partial charge on any atom is -0.392 e. The quantitative estimate of drug-likeness (QED) is 0.448. The minimum atomic E-state index is -1.22. The summed E-state index contributed by atoms with van der Waals surface area (Å²) < 4.78 is 6.01. The summed E-state index contributed by atoms with van der Waals surface area (Å²) in [5.74, 6) is -0.613. The van der Waals surface area contributed by atoms with Crippen LogP contribution in [0, 0.1) is 24.2 Å². The smallest absolute Gasteiger partial charge is 0.157 e. The van der Waals surface area contributed by atoms with Crippen LogP contribution in [0.15, 0.2) is 34.8 Å². The first-order valence-corrected chi connectivity index (χ1v) is 13.0. The molecule has 0 radical (unpaired) electrons. The lowest BCUT2D eigenvalue weighted by Gasteiger charge is -2.41. The normalized spacial score (nSPS) is 34.6. The Balaban J connectivity index is 2.35. The molecule has 34 heavy (non-hydrogen) atoms. The lowest BCUT2D eigenvalue weighted by molar-refractivity contribution is -0.167. The van der Waals surface area contributed by atoms with Crippen molar-refractivity contribution >= 4 is 17.4 Å². The Morgan fingerprint density at radius 2 is 1.85 bits per heavy atom. The maximum absolute atomic E-state index is 11.0. The maximum Gasteiger partial charge on any atom is 0.157 e. The van der Waals surface area contributed by atoms with Crippen molar-refractivity contribution in [3.05, 3.63) is 45.5 Å². The van der Waals surface area contributed by atoms with Gasteiger partial charge in [-0.1, -0.05) is 51.5 Å². The van der Waals surface area contributed by atoms with Gasteiger partial charge in [0.05, 0.1) is 35.1 Å². The van der Waals surface area contributed by atoms with Gasteiger partial charge in [-0.05, 0) is 45.3 Å². The molecule has 0 aliphatic carbocycles. The number of nitrogens with zero attached hydrogens (tertiary/aromatic N) is 1. The highest BCUT2D eigenvalue weighted by molar-refractivity contribution is 7.09. The van der Waals surface area contributed by atoms with Gasteiger partial charge in [-0.2, -0.15) is 0 Å². The van der Waals surface area contributed by atoms with E-state index in [1.807, 2.05) is 51.3 Å². The van der Waals surface area contributed by atoms with E-state index in [-0.39, 0.29) is 18.4 Å². The molecule has 192 valence electrons. The van der Waals surface area contributed by atoms with Gasteiger partial charge in [0, 0.05) is 29.1 Å². The number of aliphatic hydroxyl groups is 4. The zero-order valence-corrected chi connectivity index (χ0v) is 22.4. The van der Waals surface area contributed by atoms with Crippen LogP contribution in [0.1, 0.15) is 71.5 Å². The first kappa shape index (κ1) is 28.9. The Morgan fingerprint density at radius 1 is 1.18 bits per heavy atom. The number of allylic oxidation sites excluding steroid dienone is 2. The van der Waals surface area contributed by atoms with Crippen LogP contribution in [-0.2, 0) is 4.74 Å². The molecule has 0 spiro atoms. The Kier molecular flexibility index (Phi) is 10.7. The van der Waals surface area contributed by atoms with E-state index in [9.17, 15) is 20.4 Å². The Morgan fingerprint density at radius 3 is 2.47 bits per heavy atom. The zero-order valence-electron chi connectivity index (χ0n) is 21.6. The average molecular weight is 494 g/mol. The fraction of sp³-hybridized carbons (Fsp3) is 0.667. The molecule has 1 aromatic rings. The molecule has 2 rings (SSSR count). The molecule has 4 N–H and O–H groups in total. The van der Waals surface area contributed by atoms with Crippen LogP contribution < -0.4 is 0 Å². The summed E-state index contributed by atoms with van der Waals surface area (Å²) >= 11 is 1.58. The number of aliphatic hydroxyl groups excluding tert-OH is 4. The van der Waals surface area contributed by atoms with Crippen molar-refractivity contribution in [2.75, 3.05) is 0 Å². The Bertz CT molecular complexity index is 874. The van der Waals surface area contributed by atoms with E-state index in [4.69, 9.17) is 4.74 Å². The molecule has 7 atom stereocenters. The van der Waals surface area contributed by atoms with Crippen molar-refractivity contribution in [2.24, 2.45) is 17.3 Å². The fourth-order valence-corrected chi connectivity index (χ4v) is 4.95. The molecule has 7 heteroatoms. The van der Waals surface area contributed by atoms with E-state index in [1.54, 1.807) is 32.1 Å². The van der Waals surface area contributed by atoms with Gasteiger partial charge >= 0.3 is 0 Å². The van der Waals surface area contributed by atoms with Gasteiger partial charge in [-0.15, -0.1) is 11.3 Å². The van der Waals surface area contributed by atoms with E-state index in [1.165, 1.54) is 0 Å². The first-order valence-electron chi connectivity index (χ1n) is 12.1. The standard InChI is InChI=1S/C27H43NO5S/c1-16-9-8-10-17(2)25(31)19(4)26(32)27(6,7)23(29)14-24(30)33-22(12-11-16)18(3)13-21-15-34-20(5)28-21/h8,10-11,13,15,17,19,22-26,29-32H,9,12,14H2,1-7H3/t17-,19+,22?,23-,24-,25-,26+/m0/s1. The van der Waals surface area contributed by atoms with Crippen LogP contribution in [0.25, 0.3) is 6.08 Å². The van der Waals surface area contributed by atoms with Gasteiger partial charge in [0.25, 0.3) is 0 Å². The molecule has 0 amide bonds. The molecule has 1 unspecified atom stereocenters. The van der Waals surface area contributed by atoms with Crippen LogP contribution in [0.5, 0.6) is 0 Å². The van der Waals surface area contributed by atoms with E-state index < -0.39 is 35.9 Å². The molecule has 0 bridgehead atoms. The third-order valence-corrected chi connectivity index (χ3v) is 7.81. The highest BCUT2D eigenvalue weighted by Gasteiger charge is 2.42. The van der Waals surface area contributed by atoms with Crippen molar-refractivity contribution in [1.29, 1.82) is 0 Å².